The highest BCUT2D eigenvalue weighted by atomic mass is 16.6. The van der Waals surface area contributed by atoms with Gasteiger partial charge in [0.1, 0.15) is 12.7 Å². The molecule has 0 aromatic carbocycles. The molecule has 0 rings (SSSR count). The SMILES string of the molecule is CCCC(=O)OCC(C)OCC(C)OCC(C)OC(=O)CCN(C)CCN(CC)CC. The highest BCUT2D eigenvalue weighted by molar-refractivity contribution is 5.69. The van der Waals surface area contributed by atoms with Crippen LogP contribution in [0.2, 0.25) is 0 Å². The van der Waals surface area contributed by atoms with Crippen LogP contribution in [0.4, 0.5) is 0 Å². The number of ether oxygens (including phenoxy) is 4. The lowest BCUT2D eigenvalue weighted by molar-refractivity contribution is -0.154. The smallest absolute Gasteiger partial charge is 0.307 e. The number of nitrogens with zero attached hydrogens (tertiary/aromatic N) is 2. The summed E-state index contributed by atoms with van der Waals surface area (Å²) in [6, 6.07) is 0. The number of carbonyl (C=O) groups excluding carboxylic acids is 2. The Kier molecular flexibility index (Phi) is 17.6. The van der Waals surface area contributed by atoms with Gasteiger partial charge >= 0.3 is 11.9 Å². The molecular formula is C23H46N2O6. The number of esters is 2. The Labute approximate surface area is 189 Å². The first-order valence-corrected chi connectivity index (χ1v) is 11.7. The molecule has 0 spiro atoms. The summed E-state index contributed by atoms with van der Waals surface area (Å²) in [6.07, 6.45) is 0.904. The van der Waals surface area contributed by atoms with Gasteiger partial charge in [-0.05, 0) is 47.3 Å². The molecule has 8 nitrogen and oxygen atoms in total. The van der Waals surface area contributed by atoms with Crippen LogP contribution in [-0.2, 0) is 28.5 Å². The minimum atomic E-state index is -0.316. The maximum atomic E-state index is 12.1. The molecule has 8 heteroatoms. The molecule has 0 aliphatic heterocycles. The molecule has 0 N–H and O–H groups in total. The molecule has 3 unspecified atom stereocenters. The van der Waals surface area contributed by atoms with Gasteiger partial charge in [-0.3, -0.25) is 9.59 Å². The standard InChI is InChI=1S/C23H46N2O6/c1-8-11-22(26)30-17-20(5)28-16-19(4)29-18-21(6)31-23(27)12-13-24(7)14-15-25(9-2)10-3/h19-21H,8-18H2,1-7H3. The fourth-order valence-electron chi connectivity index (χ4n) is 2.75. The number of rotatable bonds is 19. The molecule has 0 saturated carbocycles. The van der Waals surface area contributed by atoms with Crippen molar-refractivity contribution in [3.8, 4) is 0 Å². The van der Waals surface area contributed by atoms with Crippen LogP contribution in [0.15, 0.2) is 0 Å². The molecule has 0 fully saturated rings. The Hall–Kier alpha value is -1.22. The third-order valence-corrected chi connectivity index (χ3v) is 4.89. The van der Waals surface area contributed by atoms with Gasteiger partial charge in [0.15, 0.2) is 0 Å². The molecule has 0 aliphatic carbocycles. The Morgan fingerprint density at radius 1 is 0.742 bits per heavy atom. The summed E-state index contributed by atoms with van der Waals surface area (Å²) in [7, 11) is 2.02. The second kappa shape index (κ2) is 18.4. The molecule has 184 valence electrons. The van der Waals surface area contributed by atoms with E-state index < -0.39 is 0 Å². The number of hydrogen-bond donors (Lipinski definition) is 0. The maximum Gasteiger partial charge on any atom is 0.307 e. The fourth-order valence-corrected chi connectivity index (χ4v) is 2.75. The summed E-state index contributed by atoms with van der Waals surface area (Å²) in [4.78, 5) is 27.9. The average Bonchev–Trinajstić information content (AvgIpc) is 2.74. The van der Waals surface area contributed by atoms with E-state index in [0.717, 1.165) is 32.6 Å². The first-order valence-electron chi connectivity index (χ1n) is 11.7. The molecule has 0 aliphatic rings. The van der Waals surface area contributed by atoms with Gasteiger partial charge in [-0.2, -0.15) is 0 Å². The lowest BCUT2D eigenvalue weighted by Gasteiger charge is -2.23. The normalized spacial score (nSPS) is 14.5. The minimum Gasteiger partial charge on any atom is -0.463 e. The van der Waals surface area contributed by atoms with E-state index in [4.69, 9.17) is 18.9 Å². The average molecular weight is 447 g/mol. The van der Waals surface area contributed by atoms with Crippen molar-refractivity contribution < 1.29 is 28.5 Å². The fraction of sp³-hybridized carbons (Fsp3) is 0.913. The van der Waals surface area contributed by atoms with Crippen LogP contribution < -0.4 is 0 Å². The van der Waals surface area contributed by atoms with E-state index in [1.807, 2.05) is 34.7 Å². The second-order valence-electron chi connectivity index (χ2n) is 8.10. The maximum absolute atomic E-state index is 12.1. The largest absolute Gasteiger partial charge is 0.463 e. The summed E-state index contributed by atoms with van der Waals surface area (Å²) in [5.74, 6) is -0.412. The molecule has 0 bridgehead atoms. The van der Waals surface area contributed by atoms with Crippen molar-refractivity contribution in [2.45, 2.75) is 79.1 Å². The molecule has 0 radical (unpaired) electrons. The van der Waals surface area contributed by atoms with E-state index in [-0.39, 0.29) is 36.9 Å². The van der Waals surface area contributed by atoms with E-state index in [1.54, 1.807) is 0 Å². The summed E-state index contributed by atoms with van der Waals surface area (Å²) >= 11 is 0. The molecule has 3 atom stereocenters. The van der Waals surface area contributed by atoms with Gasteiger partial charge < -0.3 is 28.7 Å². The molecular weight excluding hydrogens is 400 g/mol. The first kappa shape index (κ1) is 29.8. The van der Waals surface area contributed by atoms with Crippen LogP contribution >= 0.6 is 0 Å². The van der Waals surface area contributed by atoms with Gasteiger partial charge in [0, 0.05) is 26.1 Å². The lowest BCUT2D eigenvalue weighted by atomic mass is 10.3. The van der Waals surface area contributed by atoms with Crippen molar-refractivity contribution in [3.05, 3.63) is 0 Å². The third kappa shape index (κ3) is 17.1. The van der Waals surface area contributed by atoms with Crippen LogP contribution in [0.1, 0.15) is 60.8 Å². The van der Waals surface area contributed by atoms with Gasteiger partial charge in [-0.1, -0.05) is 20.8 Å². The van der Waals surface area contributed by atoms with Gasteiger partial charge in [0.05, 0.1) is 31.8 Å². The number of hydrogen-bond acceptors (Lipinski definition) is 8. The predicted molar refractivity (Wildman–Crippen MR) is 122 cm³/mol. The minimum absolute atomic E-state index is 0.152. The zero-order valence-corrected chi connectivity index (χ0v) is 20.9. The van der Waals surface area contributed by atoms with Crippen molar-refractivity contribution in [1.29, 1.82) is 0 Å². The van der Waals surface area contributed by atoms with Gasteiger partial charge in [0.2, 0.25) is 0 Å². The van der Waals surface area contributed by atoms with Gasteiger partial charge in [-0.15, -0.1) is 0 Å². The van der Waals surface area contributed by atoms with Gasteiger partial charge in [0.25, 0.3) is 0 Å². The van der Waals surface area contributed by atoms with Crippen molar-refractivity contribution in [2.24, 2.45) is 0 Å². The molecule has 0 aromatic rings. The Morgan fingerprint density at radius 3 is 1.90 bits per heavy atom. The topological polar surface area (TPSA) is 77.5 Å². The Morgan fingerprint density at radius 2 is 1.32 bits per heavy atom. The van der Waals surface area contributed by atoms with E-state index in [1.165, 1.54) is 0 Å². The lowest BCUT2D eigenvalue weighted by Crippen LogP contribution is -2.34. The van der Waals surface area contributed by atoms with Crippen molar-refractivity contribution in [3.63, 3.8) is 0 Å². The summed E-state index contributed by atoms with van der Waals surface area (Å²) in [6.45, 7) is 17.5. The molecule has 0 amide bonds. The molecule has 0 saturated heterocycles. The van der Waals surface area contributed by atoms with E-state index in [9.17, 15) is 9.59 Å². The zero-order valence-electron chi connectivity index (χ0n) is 20.9. The zero-order chi connectivity index (χ0) is 23.6. The van der Waals surface area contributed by atoms with Crippen LogP contribution in [0.25, 0.3) is 0 Å². The van der Waals surface area contributed by atoms with E-state index >= 15 is 0 Å². The molecule has 0 heterocycles. The Balaban J connectivity index is 3.89. The van der Waals surface area contributed by atoms with E-state index in [2.05, 4.69) is 23.6 Å². The predicted octanol–water partition coefficient (Wildman–Crippen LogP) is 2.74. The van der Waals surface area contributed by atoms with Crippen LogP contribution in [-0.4, -0.2) is 99.6 Å². The third-order valence-electron chi connectivity index (χ3n) is 4.89. The molecule has 31 heavy (non-hydrogen) atoms. The highest BCUT2D eigenvalue weighted by Crippen LogP contribution is 2.03. The Bertz CT molecular complexity index is 473. The van der Waals surface area contributed by atoms with Gasteiger partial charge in [-0.25, -0.2) is 0 Å². The first-order chi connectivity index (χ1) is 14.7. The summed E-state index contributed by atoms with van der Waals surface area (Å²) < 4.78 is 21.9. The quantitative estimate of drug-likeness (QED) is 0.280. The highest BCUT2D eigenvalue weighted by Gasteiger charge is 2.14. The summed E-state index contributed by atoms with van der Waals surface area (Å²) in [5.41, 5.74) is 0. The van der Waals surface area contributed by atoms with Crippen molar-refractivity contribution in [2.75, 3.05) is 59.6 Å². The second-order valence-corrected chi connectivity index (χ2v) is 8.10. The van der Waals surface area contributed by atoms with Crippen molar-refractivity contribution >= 4 is 11.9 Å². The van der Waals surface area contributed by atoms with Crippen LogP contribution in [0.3, 0.4) is 0 Å². The van der Waals surface area contributed by atoms with Crippen molar-refractivity contribution in [1.82, 2.24) is 9.80 Å². The monoisotopic (exact) mass is 446 g/mol. The van der Waals surface area contributed by atoms with Crippen LogP contribution in [0.5, 0.6) is 0 Å². The number of carbonyl (C=O) groups is 2. The van der Waals surface area contributed by atoms with E-state index in [0.29, 0.717) is 32.6 Å². The molecule has 0 aromatic heterocycles. The van der Waals surface area contributed by atoms with Crippen LogP contribution in [0, 0.1) is 0 Å². The summed E-state index contributed by atoms with van der Waals surface area (Å²) in [5, 5.41) is 0. The number of likely N-dealkylation sites (N-methyl/N-ethyl adjacent to an activating group) is 2.